The van der Waals surface area contributed by atoms with Gasteiger partial charge in [-0.1, -0.05) is 11.6 Å². The maximum atomic E-state index is 12.1. The lowest BCUT2D eigenvalue weighted by Gasteiger charge is -2.21. The molecule has 0 bridgehead atoms. The van der Waals surface area contributed by atoms with Crippen LogP contribution in [0.4, 0.5) is 10.5 Å². The number of hydrogen-bond donors (Lipinski definition) is 1. The maximum Gasteiger partial charge on any atom is 0.321 e. The first-order chi connectivity index (χ1) is 10.1. The number of rotatable bonds is 5. The van der Waals surface area contributed by atoms with Crippen LogP contribution in [-0.4, -0.2) is 43.8 Å². The van der Waals surface area contributed by atoms with Crippen molar-refractivity contribution in [2.24, 2.45) is 0 Å². The van der Waals surface area contributed by atoms with E-state index in [1.54, 1.807) is 30.1 Å². The zero-order valence-electron chi connectivity index (χ0n) is 12.4. The van der Waals surface area contributed by atoms with Gasteiger partial charge in [-0.2, -0.15) is 0 Å². The number of benzene rings is 1. The number of carbonyl (C=O) groups excluding carboxylic acids is 1. The Morgan fingerprint density at radius 1 is 1.57 bits per heavy atom. The Morgan fingerprint density at radius 2 is 2.38 bits per heavy atom. The van der Waals surface area contributed by atoms with E-state index >= 15 is 0 Å². The predicted octanol–water partition coefficient (Wildman–Crippen LogP) is 3.38. The maximum absolute atomic E-state index is 12.1. The molecule has 1 N–H and O–H groups in total. The number of nitrogens with one attached hydrogen (secondary N) is 1. The lowest BCUT2D eigenvalue weighted by Crippen LogP contribution is -2.37. The fourth-order valence-electron chi connectivity index (χ4n) is 2.25. The second-order valence-electron chi connectivity index (χ2n) is 5.02. The molecule has 1 saturated heterocycles. The van der Waals surface area contributed by atoms with Gasteiger partial charge >= 0.3 is 6.03 Å². The van der Waals surface area contributed by atoms with Gasteiger partial charge in [-0.25, -0.2) is 4.79 Å². The van der Waals surface area contributed by atoms with Crippen molar-refractivity contribution in [3.63, 3.8) is 0 Å². The third-order valence-electron chi connectivity index (χ3n) is 3.33. The standard InChI is InChI=1S/C15H21ClN2O3/c1-3-20-14-7-6-11(9-13(14)16)17-15(19)18(2)10-12-5-4-8-21-12/h6-7,9,12H,3-5,8,10H2,1-2H3,(H,17,19). The zero-order valence-corrected chi connectivity index (χ0v) is 13.2. The van der Waals surface area contributed by atoms with Gasteiger partial charge in [-0.3, -0.25) is 0 Å². The van der Waals surface area contributed by atoms with E-state index in [1.807, 2.05) is 6.92 Å². The van der Waals surface area contributed by atoms with E-state index in [4.69, 9.17) is 21.1 Å². The predicted molar refractivity (Wildman–Crippen MR) is 83.2 cm³/mol. The van der Waals surface area contributed by atoms with Gasteiger partial charge in [-0.05, 0) is 38.0 Å². The first-order valence-electron chi connectivity index (χ1n) is 7.16. The molecule has 1 atom stereocenters. The van der Waals surface area contributed by atoms with E-state index in [-0.39, 0.29) is 12.1 Å². The molecule has 1 heterocycles. The van der Waals surface area contributed by atoms with E-state index in [9.17, 15) is 4.79 Å². The Hall–Kier alpha value is -1.46. The zero-order chi connectivity index (χ0) is 15.2. The summed E-state index contributed by atoms with van der Waals surface area (Å²) in [5.41, 5.74) is 0.646. The summed E-state index contributed by atoms with van der Waals surface area (Å²) < 4.78 is 10.9. The van der Waals surface area contributed by atoms with Crippen LogP contribution in [0.3, 0.4) is 0 Å². The van der Waals surface area contributed by atoms with Crippen LogP contribution >= 0.6 is 11.6 Å². The molecule has 0 aromatic heterocycles. The number of carbonyl (C=O) groups is 1. The topological polar surface area (TPSA) is 50.8 Å². The number of amides is 2. The summed E-state index contributed by atoms with van der Waals surface area (Å²) in [4.78, 5) is 13.7. The van der Waals surface area contributed by atoms with Gasteiger partial charge in [-0.15, -0.1) is 0 Å². The van der Waals surface area contributed by atoms with Gasteiger partial charge in [0.2, 0.25) is 0 Å². The molecule has 0 aliphatic carbocycles. The van der Waals surface area contributed by atoms with Crippen molar-refractivity contribution in [1.82, 2.24) is 4.90 Å². The molecule has 116 valence electrons. The molecule has 1 aliphatic rings. The molecule has 0 saturated carbocycles. The highest BCUT2D eigenvalue weighted by atomic mass is 35.5. The molecule has 21 heavy (non-hydrogen) atoms. The average Bonchev–Trinajstić information content (AvgIpc) is 2.95. The number of urea groups is 1. The lowest BCUT2D eigenvalue weighted by atomic mass is 10.2. The number of nitrogens with zero attached hydrogens (tertiary/aromatic N) is 1. The van der Waals surface area contributed by atoms with Crippen molar-refractivity contribution in [2.45, 2.75) is 25.9 Å². The molecule has 5 nitrogen and oxygen atoms in total. The Kier molecular flexibility index (Phi) is 5.70. The first kappa shape index (κ1) is 15.9. The molecule has 0 spiro atoms. The summed E-state index contributed by atoms with van der Waals surface area (Å²) in [6, 6.07) is 5.03. The quantitative estimate of drug-likeness (QED) is 0.906. The number of halogens is 1. The Labute approximate surface area is 130 Å². The minimum atomic E-state index is -0.175. The van der Waals surface area contributed by atoms with Crippen LogP contribution in [0.15, 0.2) is 18.2 Å². The van der Waals surface area contributed by atoms with Crippen molar-refractivity contribution in [1.29, 1.82) is 0 Å². The van der Waals surface area contributed by atoms with E-state index in [1.165, 1.54) is 0 Å². The number of likely N-dealkylation sites (N-methyl/N-ethyl adjacent to an activating group) is 1. The summed E-state index contributed by atoms with van der Waals surface area (Å²) in [6.07, 6.45) is 2.21. The molecule has 6 heteroatoms. The Morgan fingerprint density at radius 3 is 3.00 bits per heavy atom. The van der Waals surface area contributed by atoms with Crippen LogP contribution in [0.1, 0.15) is 19.8 Å². The first-order valence-corrected chi connectivity index (χ1v) is 7.54. The number of anilines is 1. The SMILES string of the molecule is CCOc1ccc(NC(=O)N(C)CC2CCCO2)cc1Cl. The van der Waals surface area contributed by atoms with E-state index in [0.29, 0.717) is 29.6 Å². The molecule has 1 aromatic rings. The van der Waals surface area contributed by atoms with Crippen LogP contribution < -0.4 is 10.1 Å². The van der Waals surface area contributed by atoms with E-state index in [0.717, 1.165) is 19.4 Å². The van der Waals surface area contributed by atoms with Gasteiger partial charge in [0.05, 0.1) is 17.7 Å². The molecule has 1 fully saturated rings. The molecule has 1 aromatic carbocycles. The van der Waals surface area contributed by atoms with Crippen LogP contribution in [0, 0.1) is 0 Å². The second-order valence-corrected chi connectivity index (χ2v) is 5.43. The highest BCUT2D eigenvalue weighted by Crippen LogP contribution is 2.27. The Bertz CT molecular complexity index is 490. The molecule has 0 radical (unpaired) electrons. The molecule has 2 rings (SSSR count). The van der Waals surface area contributed by atoms with Crippen LogP contribution in [0.5, 0.6) is 5.75 Å². The largest absolute Gasteiger partial charge is 0.492 e. The molecule has 1 unspecified atom stereocenters. The summed E-state index contributed by atoms with van der Waals surface area (Å²) in [5.74, 6) is 0.616. The summed E-state index contributed by atoms with van der Waals surface area (Å²) in [5, 5.41) is 3.30. The van der Waals surface area contributed by atoms with Crippen LogP contribution in [-0.2, 0) is 4.74 Å². The fourth-order valence-corrected chi connectivity index (χ4v) is 2.48. The van der Waals surface area contributed by atoms with Gasteiger partial charge in [0.1, 0.15) is 5.75 Å². The van der Waals surface area contributed by atoms with E-state index in [2.05, 4.69) is 5.32 Å². The summed E-state index contributed by atoms with van der Waals surface area (Å²) in [7, 11) is 1.76. The monoisotopic (exact) mass is 312 g/mol. The summed E-state index contributed by atoms with van der Waals surface area (Å²) in [6.45, 7) is 3.83. The highest BCUT2D eigenvalue weighted by molar-refractivity contribution is 6.32. The van der Waals surface area contributed by atoms with Crippen molar-refractivity contribution in [3.8, 4) is 5.75 Å². The number of hydrogen-bond acceptors (Lipinski definition) is 3. The average molecular weight is 313 g/mol. The minimum absolute atomic E-state index is 0.143. The lowest BCUT2D eigenvalue weighted by molar-refractivity contribution is 0.0894. The minimum Gasteiger partial charge on any atom is -0.492 e. The van der Waals surface area contributed by atoms with Gasteiger partial charge in [0.25, 0.3) is 0 Å². The normalized spacial score (nSPS) is 17.6. The Balaban J connectivity index is 1.90. The third kappa shape index (κ3) is 4.51. The molecular formula is C15H21ClN2O3. The second kappa shape index (κ2) is 7.52. The molecule has 2 amide bonds. The van der Waals surface area contributed by atoms with Gasteiger partial charge in [0.15, 0.2) is 0 Å². The number of ether oxygens (including phenoxy) is 2. The van der Waals surface area contributed by atoms with Gasteiger partial charge in [0, 0.05) is 25.9 Å². The van der Waals surface area contributed by atoms with Crippen LogP contribution in [0.2, 0.25) is 5.02 Å². The van der Waals surface area contributed by atoms with Crippen molar-refractivity contribution in [2.75, 3.05) is 32.1 Å². The van der Waals surface area contributed by atoms with Crippen molar-refractivity contribution in [3.05, 3.63) is 23.2 Å². The van der Waals surface area contributed by atoms with Gasteiger partial charge < -0.3 is 19.7 Å². The molecular weight excluding hydrogens is 292 g/mol. The fraction of sp³-hybridized carbons (Fsp3) is 0.533. The van der Waals surface area contributed by atoms with Crippen molar-refractivity contribution >= 4 is 23.3 Å². The summed E-state index contributed by atoms with van der Waals surface area (Å²) >= 11 is 6.10. The van der Waals surface area contributed by atoms with Crippen LogP contribution in [0.25, 0.3) is 0 Å². The van der Waals surface area contributed by atoms with E-state index < -0.39 is 0 Å². The van der Waals surface area contributed by atoms with Crippen molar-refractivity contribution < 1.29 is 14.3 Å². The molecule has 1 aliphatic heterocycles. The third-order valence-corrected chi connectivity index (χ3v) is 3.63. The smallest absolute Gasteiger partial charge is 0.321 e. The highest BCUT2D eigenvalue weighted by Gasteiger charge is 2.20.